The highest BCUT2D eigenvalue weighted by Gasteiger charge is 2.20. The standard InChI is InChI=1S/C28H36ClN5O.C3H6.C2H4O/c1-4-25(29)28-31-19(2)30-23-7-5-6-20(16-23)8-9-22-18-24(32-28)10-11-26(22)33-27(35)17-21-12-14-34(3)15-13-21;1-3-2;1-2-3/h4-7,10-11,16,18-19,21,30H,8-9,12-15,17H2,1-3H3,(H,31,32)(H,33,35);3H,1H2,2H3;2H,1H3/b25-4+;;. The van der Waals surface area contributed by atoms with Gasteiger partial charge in [-0.25, -0.2) is 4.99 Å². The number of likely N-dealkylation sites (tertiary alicyclic amines) is 1. The maximum Gasteiger partial charge on any atom is 0.224 e. The molecule has 0 aliphatic carbocycles. The number of hydrogen-bond acceptors (Lipinski definition) is 6. The van der Waals surface area contributed by atoms with Crippen LogP contribution in [0.5, 0.6) is 0 Å². The number of amidine groups is 1. The third-order valence-electron chi connectivity index (χ3n) is 6.74. The Hall–Kier alpha value is -3.42. The van der Waals surface area contributed by atoms with E-state index in [0.717, 1.165) is 67.7 Å². The molecule has 2 aromatic carbocycles. The molecule has 2 heterocycles. The number of carbonyl (C=O) groups is 2. The molecule has 3 N–H and O–H groups in total. The van der Waals surface area contributed by atoms with Gasteiger partial charge in [0.05, 0.1) is 5.03 Å². The van der Waals surface area contributed by atoms with Gasteiger partial charge in [-0.3, -0.25) is 4.79 Å². The van der Waals surface area contributed by atoms with Crippen LogP contribution in [0.1, 0.15) is 58.1 Å². The van der Waals surface area contributed by atoms with Crippen molar-refractivity contribution in [2.45, 2.75) is 66.0 Å². The normalized spacial score (nSPS) is 18.8. The summed E-state index contributed by atoms with van der Waals surface area (Å²) in [5.74, 6) is 1.16. The Bertz CT molecular complexity index is 1200. The van der Waals surface area contributed by atoms with Gasteiger partial charge in [0.25, 0.3) is 0 Å². The van der Waals surface area contributed by atoms with Gasteiger partial charge in [-0.2, -0.15) is 0 Å². The van der Waals surface area contributed by atoms with Crippen molar-refractivity contribution in [3.8, 4) is 0 Å². The van der Waals surface area contributed by atoms with E-state index in [4.69, 9.17) is 21.4 Å². The monoisotopic (exact) mass is 579 g/mol. The zero-order valence-corrected chi connectivity index (χ0v) is 25.9. The number of benzene rings is 2. The van der Waals surface area contributed by atoms with Crippen LogP contribution in [0.3, 0.4) is 0 Å². The smallest absolute Gasteiger partial charge is 0.224 e. The molecule has 7 nitrogen and oxygen atoms in total. The number of allylic oxidation sites excluding steroid dienone is 2. The molecule has 1 saturated heterocycles. The number of aliphatic imine (C=N–C) groups is 1. The molecular formula is C33H46ClN5O2. The Morgan fingerprint density at radius 3 is 2.46 bits per heavy atom. The van der Waals surface area contributed by atoms with Gasteiger partial charge in [-0.15, -0.1) is 6.58 Å². The summed E-state index contributed by atoms with van der Waals surface area (Å²) in [5, 5.41) is 10.6. The van der Waals surface area contributed by atoms with Gasteiger partial charge in [0.15, 0.2) is 0 Å². The number of aldehydes is 1. The molecule has 8 heteroatoms. The van der Waals surface area contributed by atoms with Crippen molar-refractivity contribution in [1.29, 1.82) is 0 Å². The summed E-state index contributed by atoms with van der Waals surface area (Å²) in [4.78, 5) is 28.8. The molecule has 0 radical (unpaired) electrons. The van der Waals surface area contributed by atoms with Gasteiger partial charge < -0.3 is 25.6 Å². The van der Waals surface area contributed by atoms with Gasteiger partial charge in [-0.05, 0) is 121 Å². The Morgan fingerprint density at radius 2 is 1.80 bits per heavy atom. The van der Waals surface area contributed by atoms with E-state index in [1.807, 2.05) is 45.0 Å². The van der Waals surface area contributed by atoms with Gasteiger partial charge in [0.2, 0.25) is 5.91 Å². The first-order valence-corrected chi connectivity index (χ1v) is 14.7. The quantitative estimate of drug-likeness (QED) is 0.262. The minimum Gasteiger partial charge on any atom is -0.364 e. The van der Waals surface area contributed by atoms with E-state index in [-0.39, 0.29) is 12.1 Å². The minimum absolute atomic E-state index is 0.0960. The zero-order chi connectivity index (χ0) is 30.2. The molecular weight excluding hydrogens is 534 g/mol. The second-order valence-electron chi connectivity index (χ2n) is 10.3. The fourth-order valence-corrected chi connectivity index (χ4v) is 4.82. The second kappa shape index (κ2) is 18.1. The number of hydrogen-bond donors (Lipinski definition) is 3. The first-order valence-electron chi connectivity index (χ1n) is 14.3. The van der Waals surface area contributed by atoms with Crippen LogP contribution in [0, 0.1) is 5.92 Å². The number of nitrogens with zero attached hydrogens (tertiary/aromatic N) is 2. The molecule has 1 amide bonds. The highest BCUT2D eigenvalue weighted by atomic mass is 35.5. The van der Waals surface area contributed by atoms with Crippen molar-refractivity contribution in [2.75, 3.05) is 36.1 Å². The number of carbonyl (C=O) groups excluding carboxylic acids is 2. The second-order valence-corrected chi connectivity index (χ2v) is 10.7. The van der Waals surface area contributed by atoms with E-state index in [0.29, 0.717) is 23.2 Å². The first-order chi connectivity index (χ1) is 19.7. The van der Waals surface area contributed by atoms with Crippen molar-refractivity contribution in [3.63, 3.8) is 0 Å². The lowest BCUT2D eigenvalue weighted by atomic mass is 9.93. The molecule has 1 unspecified atom stereocenters. The summed E-state index contributed by atoms with van der Waals surface area (Å²) in [7, 11) is 2.14. The molecule has 4 bridgehead atoms. The highest BCUT2D eigenvalue weighted by molar-refractivity contribution is 6.44. The van der Waals surface area contributed by atoms with Gasteiger partial charge in [0.1, 0.15) is 18.3 Å². The van der Waals surface area contributed by atoms with Crippen LogP contribution in [0.4, 0.5) is 17.1 Å². The molecule has 2 aliphatic heterocycles. The Kier molecular flexibility index (Phi) is 14.9. The highest BCUT2D eigenvalue weighted by Crippen LogP contribution is 2.26. The molecule has 2 aliphatic rings. The lowest BCUT2D eigenvalue weighted by molar-refractivity contribution is -0.117. The number of nitrogens with one attached hydrogen (secondary N) is 3. The summed E-state index contributed by atoms with van der Waals surface area (Å²) < 4.78 is 0. The average Bonchev–Trinajstić information content (AvgIpc) is 2.94. The number of anilines is 3. The van der Waals surface area contributed by atoms with E-state index >= 15 is 0 Å². The number of amides is 1. The Labute approximate surface area is 251 Å². The van der Waals surface area contributed by atoms with E-state index < -0.39 is 0 Å². The van der Waals surface area contributed by atoms with Crippen molar-refractivity contribution in [3.05, 3.63) is 77.4 Å². The fraction of sp³-hybridized carbons (Fsp3) is 0.424. The van der Waals surface area contributed by atoms with Crippen LogP contribution >= 0.6 is 11.6 Å². The van der Waals surface area contributed by atoms with Crippen LogP contribution in [-0.4, -0.2) is 49.2 Å². The topological polar surface area (TPSA) is 85.8 Å². The Balaban J connectivity index is 0.000000901. The third-order valence-corrected chi connectivity index (χ3v) is 7.14. The van der Waals surface area contributed by atoms with Crippen molar-refractivity contribution < 1.29 is 9.59 Å². The summed E-state index contributed by atoms with van der Waals surface area (Å²) in [5.41, 5.74) is 5.12. The van der Waals surface area contributed by atoms with E-state index in [1.54, 1.807) is 6.08 Å². The van der Waals surface area contributed by atoms with E-state index in [9.17, 15) is 4.79 Å². The van der Waals surface area contributed by atoms with Crippen LogP contribution in [0.25, 0.3) is 0 Å². The van der Waals surface area contributed by atoms with Crippen LogP contribution in [-0.2, 0) is 22.4 Å². The van der Waals surface area contributed by atoms with Crippen molar-refractivity contribution in [1.82, 2.24) is 4.90 Å². The summed E-state index contributed by atoms with van der Waals surface area (Å²) in [6.07, 6.45) is 8.58. The predicted molar refractivity (Wildman–Crippen MR) is 175 cm³/mol. The molecule has 4 rings (SSSR count). The number of halogens is 1. The lowest BCUT2D eigenvalue weighted by Gasteiger charge is -2.28. The minimum atomic E-state index is -0.167. The molecule has 1 atom stereocenters. The van der Waals surface area contributed by atoms with Crippen molar-refractivity contribution in [2.24, 2.45) is 10.9 Å². The SMILES string of the molecule is C/C=C(Cl)\C1=N/C(C)Nc2cccc(c2)CCc2cc(ccc2NC(=O)CC2CCN(C)CC2)N1.C=CC.CC=O. The summed E-state index contributed by atoms with van der Waals surface area (Å²) in [6, 6.07) is 14.5. The van der Waals surface area contributed by atoms with Gasteiger partial charge in [0, 0.05) is 23.5 Å². The predicted octanol–water partition coefficient (Wildman–Crippen LogP) is 7.26. The number of fused-ring (bicyclic) bond motifs is 4. The zero-order valence-electron chi connectivity index (χ0n) is 25.2. The van der Waals surface area contributed by atoms with E-state index in [1.165, 1.54) is 12.5 Å². The maximum absolute atomic E-state index is 12.9. The lowest BCUT2D eigenvalue weighted by Crippen LogP contribution is -2.32. The van der Waals surface area contributed by atoms with Crippen LogP contribution < -0.4 is 16.0 Å². The molecule has 41 heavy (non-hydrogen) atoms. The number of rotatable bonds is 4. The fourth-order valence-electron chi connectivity index (χ4n) is 4.72. The maximum atomic E-state index is 12.9. The van der Waals surface area contributed by atoms with Crippen LogP contribution in [0.2, 0.25) is 0 Å². The van der Waals surface area contributed by atoms with Crippen molar-refractivity contribution >= 4 is 46.7 Å². The molecule has 0 spiro atoms. The molecule has 2 aromatic rings. The summed E-state index contributed by atoms with van der Waals surface area (Å²) >= 11 is 6.49. The van der Waals surface area contributed by atoms with E-state index in [2.05, 4.69) is 58.7 Å². The van der Waals surface area contributed by atoms with Gasteiger partial charge in [-0.1, -0.05) is 35.9 Å². The Morgan fingerprint density at radius 1 is 1.12 bits per heavy atom. The molecule has 222 valence electrons. The number of aryl methyl sites for hydroxylation is 2. The van der Waals surface area contributed by atoms with Crippen LogP contribution in [0.15, 0.2) is 71.2 Å². The summed E-state index contributed by atoms with van der Waals surface area (Å²) in [6.45, 7) is 12.7. The first kappa shape index (κ1) is 33.8. The van der Waals surface area contributed by atoms with Gasteiger partial charge >= 0.3 is 0 Å². The largest absolute Gasteiger partial charge is 0.364 e. The molecule has 0 saturated carbocycles. The third kappa shape index (κ3) is 11.9. The average molecular weight is 580 g/mol. The molecule has 1 fully saturated rings. The number of piperidine rings is 1. The molecule has 0 aromatic heterocycles.